The molecule has 5 rings (SSSR count). The van der Waals surface area contributed by atoms with E-state index in [-0.39, 0.29) is 0 Å². The number of H-pyrrole nitrogens is 1. The molecule has 140 valence electrons. The Bertz CT molecular complexity index is 1340. The number of benzene rings is 3. The van der Waals surface area contributed by atoms with Gasteiger partial charge in [-0.25, -0.2) is 4.98 Å². The molecule has 0 aliphatic rings. The van der Waals surface area contributed by atoms with Crippen molar-refractivity contribution in [1.82, 2.24) is 9.97 Å². The van der Waals surface area contributed by atoms with Crippen LogP contribution in [-0.2, 0) is 0 Å². The van der Waals surface area contributed by atoms with E-state index in [4.69, 9.17) is 4.98 Å². The highest BCUT2D eigenvalue weighted by Crippen LogP contribution is 2.32. The second-order valence-corrected chi connectivity index (χ2v) is 7.66. The van der Waals surface area contributed by atoms with Crippen LogP contribution >= 0.6 is 15.9 Å². The van der Waals surface area contributed by atoms with Crippen molar-refractivity contribution in [2.75, 3.05) is 5.43 Å². The highest BCUT2D eigenvalue weighted by molar-refractivity contribution is 9.10. The van der Waals surface area contributed by atoms with Gasteiger partial charge in [0.1, 0.15) is 5.82 Å². The lowest BCUT2D eigenvalue weighted by Gasteiger charge is -2.10. The van der Waals surface area contributed by atoms with E-state index in [0.717, 1.165) is 43.0 Å². The summed E-state index contributed by atoms with van der Waals surface area (Å²) >= 11 is 3.57. The fraction of sp³-hybridized carbons (Fsp3) is 0. The predicted octanol–water partition coefficient (Wildman–Crippen LogP) is 6.59. The minimum Gasteiger partial charge on any atom is -0.361 e. The molecule has 0 amide bonds. The van der Waals surface area contributed by atoms with Crippen molar-refractivity contribution in [3.8, 4) is 11.1 Å². The Kier molecular flexibility index (Phi) is 4.58. The number of hydrogen-bond donors (Lipinski definition) is 2. The van der Waals surface area contributed by atoms with E-state index in [1.807, 2.05) is 60.9 Å². The van der Waals surface area contributed by atoms with Crippen LogP contribution in [0.3, 0.4) is 0 Å². The molecule has 0 atom stereocenters. The fourth-order valence-corrected chi connectivity index (χ4v) is 3.84. The van der Waals surface area contributed by atoms with Crippen molar-refractivity contribution in [3.63, 3.8) is 0 Å². The van der Waals surface area contributed by atoms with Crippen LogP contribution in [0.1, 0.15) is 5.56 Å². The van der Waals surface area contributed by atoms with Crippen LogP contribution in [0, 0.1) is 0 Å². The lowest BCUT2D eigenvalue weighted by atomic mass is 10.0. The van der Waals surface area contributed by atoms with Crippen molar-refractivity contribution in [3.05, 3.63) is 95.1 Å². The monoisotopic (exact) mass is 440 g/mol. The zero-order chi connectivity index (χ0) is 19.6. The second-order valence-electron chi connectivity index (χ2n) is 6.74. The van der Waals surface area contributed by atoms with Gasteiger partial charge in [-0.2, -0.15) is 5.10 Å². The maximum Gasteiger partial charge on any atom is 0.147 e. The molecular formula is C24H17BrN4. The van der Waals surface area contributed by atoms with E-state index < -0.39 is 0 Å². The summed E-state index contributed by atoms with van der Waals surface area (Å²) in [5.41, 5.74) is 8.39. The van der Waals surface area contributed by atoms with Crippen LogP contribution in [-0.4, -0.2) is 16.2 Å². The molecule has 3 aromatic carbocycles. The fourth-order valence-electron chi connectivity index (χ4n) is 3.48. The minimum atomic E-state index is 0.703. The number of halogens is 1. The van der Waals surface area contributed by atoms with Gasteiger partial charge in [0.15, 0.2) is 0 Å². The number of aromatic amines is 1. The molecule has 0 spiro atoms. The molecule has 5 aromatic rings. The van der Waals surface area contributed by atoms with Gasteiger partial charge in [-0.1, -0.05) is 64.5 Å². The number of pyridine rings is 1. The van der Waals surface area contributed by atoms with Gasteiger partial charge in [0.05, 0.1) is 11.7 Å². The van der Waals surface area contributed by atoms with Crippen LogP contribution in [0.4, 0.5) is 5.82 Å². The Labute approximate surface area is 176 Å². The average Bonchev–Trinajstić information content (AvgIpc) is 3.17. The molecule has 0 aliphatic carbocycles. The summed E-state index contributed by atoms with van der Waals surface area (Å²) in [5.74, 6) is 0.703. The lowest BCUT2D eigenvalue weighted by molar-refractivity contribution is 1.26. The van der Waals surface area contributed by atoms with Gasteiger partial charge in [-0.15, -0.1) is 0 Å². The minimum absolute atomic E-state index is 0.703. The van der Waals surface area contributed by atoms with Gasteiger partial charge in [0.25, 0.3) is 0 Å². The van der Waals surface area contributed by atoms with Crippen LogP contribution in [0.2, 0.25) is 0 Å². The molecule has 0 unspecified atom stereocenters. The summed E-state index contributed by atoms with van der Waals surface area (Å²) in [6.07, 6.45) is 3.77. The van der Waals surface area contributed by atoms with E-state index in [1.54, 1.807) is 0 Å². The van der Waals surface area contributed by atoms with E-state index in [1.165, 1.54) is 0 Å². The number of nitrogens with one attached hydrogen (secondary N) is 2. The summed E-state index contributed by atoms with van der Waals surface area (Å²) in [4.78, 5) is 7.99. The average molecular weight is 441 g/mol. The first-order chi connectivity index (χ1) is 14.3. The third kappa shape index (κ3) is 3.52. The molecule has 29 heavy (non-hydrogen) atoms. The largest absolute Gasteiger partial charge is 0.361 e. The predicted molar refractivity (Wildman–Crippen MR) is 124 cm³/mol. The SMILES string of the molecule is Brc1ccc2nc(NN=Cc3c[nH]c4ccccc34)cc(-c3ccccc3)c2c1. The molecular weight excluding hydrogens is 424 g/mol. The normalized spacial score (nSPS) is 11.5. The molecule has 2 heterocycles. The number of anilines is 1. The summed E-state index contributed by atoms with van der Waals surface area (Å²) in [6, 6.07) is 26.6. The molecule has 5 heteroatoms. The summed E-state index contributed by atoms with van der Waals surface area (Å²) in [6.45, 7) is 0. The maximum atomic E-state index is 4.73. The number of para-hydroxylation sites is 1. The molecule has 4 nitrogen and oxygen atoms in total. The topological polar surface area (TPSA) is 53.1 Å². The first-order valence-electron chi connectivity index (χ1n) is 9.29. The van der Waals surface area contributed by atoms with Gasteiger partial charge < -0.3 is 4.98 Å². The van der Waals surface area contributed by atoms with Crippen LogP contribution < -0.4 is 5.43 Å². The highest BCUT2D eigenvalue weighted by Gasteiger charge is 2.08. The van der Waals surface area contributed by atoms with Crippen molar-refractivity contribution in [2.45, 2.75) is 0 Å². The third-order valence-corrected chi connectivity index (χ3v) is 5.35. The summed E-state index contributed by atoms with van der Waals surface area (Å²) in [5, 5.41) is 6.66. The van der Waals surface area contributed by atoms with Gasteiger partial charge >= 0.3 is 0 Å². The van der Waals surface area contributed by atoms with E-state index in [0.29, 0.717) is 5.82 Å². The van der Waals surface area contributed by atoms with Gasteiger partial charge in [0, 0.05) is 32.5 Å². The Hall–Kier alpha value is -3.44. The van der Waals surface area contributed by atoms with Crippen molar-refractivity contribution >= 4 is 49.8 Å². The van der Waals surface area contributed by atoms with Crippen molar-refractivity contribution < 1.29 is 0 Å². The first-order valence-corrected chi connectivity index (χ1v) is 10.1. The molecule has 0 saturated carbocycles. The Morgan fingerprint density at radius 3 is 2.62 bits per heavy atom. The second kappa shape index (κ2) is 7.53. The Morgan fingerprint density at radius 2 is 1.72 bits per heavy atom. The molecule has 0 fully saturated rings. The zero-order valence-corrected chi connectivity index (χ0v) is 17.0. The van der Waals surface area contributed by atoms with E-state index in [9.17, 15) is 0 Å². The van der Waals surface area contributed by atoms with Crippen molar-refractivity contribution in [1.29, 1.82) is 0 Å². The van der Waals surface area contributed by atoms with E-state index in [2.05, 4.69) is 61.8 Å². The molecule has 0 radical (unpaired) electrons. The first kappa shape index (κ1) is 17.6. The molecule has 2 N–H and O–H groups in total. The Balaban J connectivity index is 1.53. The van der Waals surface area contributed by atoms with Gasteiger partial charge in [-0.05, 0) is 41.5 Å². The molecule has 0 bridgehead atoms. The summed E-state index contributed by atoms with van der Waals surface area (Å²) in [7, 11) is 0. The Morgan fingerprint density at radius 1 is 0.897 bits per heavy atom. The number of hydrogen-bond acceptors (Lipinski definition) is 3. The van der Waals surface area contributed by atoms with Crippen LogP contribution in [0.15, 0.2) is 94.6 Å². The van der Waals surface area contributed by atoms with Crippen LogP contribution in [0.25, 0.3) is 32.9 Å². The quantitative estimate of drug-likeness (QED) is 0.244. The van der Waals surface area contributed by atoms with Gasteiger partial charge in [0.2, 0.25) is 0 Å². The zero-order valence-electron chi connectivity index (χ0n) is 15.4. The lowest BCUT2D eigenvalue weighted by Crippen LogP contribution is -1.95. The van der Waals surface area contributed by atoms with Gasteiger partial charge in [-0.3, -0.25) is 5.43 Å². The summed E-state index contributed by atoms with van der Waals surface area (Å²) < 4.78 is 1.03. The highest BCUT2D eigenvalue weighted by atomic mass is 79.9. The third-order valence-electron chi connectivity index (χ3n) is 4.86. The number of fused-ring (bicyclic) bond motifs is 2. The van der Waals surface area contributed by atoms with Crippen LogP contribution in [0.5, 0.6) is 0 Å². The number of nitrogens with zero attached hydrogens (tertiary/aromatic N) is 2. The number of hydrazone groups is 1. The number of rotatable bonds is 4. The molecule has 2 aromatic heterocycles. The smallest absolute Gasteiger partial charge is 0.147 e. The number of aromatic nitrogens is 2. The molecule has 0 saturated heterocycles. The standard InChI is InChI=1S/C24H17BrN4/c25-18-10-11-23-21(12-18)20(16-6-2-1-3-7-16)13-24(28-23)29-27-15-17-14-26-22-9-5-4-8-19(17)22/h1-15,26H,(H,28,29). The van der Waals surface area contributed by atoms with Crippen molar-refractivity contribution in [2.24, 2.45) is 5.10 Å². The maximum absolute atomic E-state index is 4.73. The molecule has 0 aliphatic heterocycles. The van der Waals surface area contributed by atoms with E-state index >= 15 is 0 Å².